The number of hydrogen-bond acceptors (Lipinski definition) is 10. The van der Waals surface area contributed by atoms with Gasteiger partial charge in [-0.1, -0.05) is 49.4 Å². The molecule has 0 saturated carbocycles. The fourth-order valence-corrected chi connectivity index (χ4v) is 5.91. The van der Waals surface area contributed by atoms with Gasteiger partial charge in [-0.25, -0.2) is 15.0 Å². The number of fused-ring (bicyclic) bond motifs is 1. The Hall–Kier alpha value is -4.16. The lowest BCUT2D eigenvalue weighted by molar-refractivity contribution is 0.0895. The summed E-state index contributed by atoms with van der Waals surface area (Å²) in [6.45, 7) is 13.8. The smallest absolute Gasteiger partial charge is 0.315 e. The van der Waals surface area contributed by atoms with Gasteiger partial charge in [0, 0.05) is 42.5 Å². The zero-order valence-corrected chi connectivity index (χ0v) is 24.6. The van der Waals surface area contributed by atoms with Crippen LogP contribution in [-0.2, 0) is 5.41 Å². The van der Waals surface area contributed by atoms with E-state index >= 15 is 0 Å². The van der Waals surface area contributed by atoms with Crippen molar-refractivity contribution in [2.75, 3.05) is 31.1 Å². The Kier molecular flexibility index (Phi) is 7.04. The Morgan fingerprint density at radius 2 is 1.95 bits per heavy atom. The first-order valence-electron chi connectivity index (χ1n) is 13.7. The minimum atomic E-state index is -0.399. The largest absolute Gasteiger partial charge is 0.360 e. The second-order valence-corrected chi connectivity index (χ2v) is 12.4. The summed E-state index contributed by atoms with van der Waals surface area (Å²) >= 11 is 1.68. The third-order valence-electron chi connectivity index (χ3n) is 7.23. The van der Waals surface area contributed by atoms with Crippen molar-refractivity contribution >= 4 is 33.3 Å². The molecular weight excluding hydrogens is 538 g/mol. The van der Waals surface area contributed by atoms with Crippen molar-refractivity contribution in [2.45, 2.75) is 46.1 Å². The molecule has 0 aliphatic carbocycles. The molecule has 1 aromatic carbocycles. The van der Waals surface area contributed by atoms with Crippen molar-refractivity contribution in [2.24, 2.45) is 0 Å². The minimum Gasteiger partial charge on any atom is -0.360 e. The van der Waals surface area contributed by atoms with Gasteiger partial charge < -0.3 is 25.0 Å². The van der Waals surface area contributed by atoms with Gasteiger partial charge in [-0.2, -0.15) is 4.98 Å². The first-order valence-corrected chi connectivity index (χ1v) is 14.5. The Morgan fingerprint density at radius 1 is 1.15 bits per heavy atom. The molecule has 5 aromatic rings. The molecule has 1 aliphatic heterocycles. The highest BCUT2D eigenvalue weighted by atomic mass is 32.1. The van der Waals surface area contributed by atoms with Crippen LogP contribution in [0.1, 0.15) is 61.4 Å². The molecule has 0 spiro atoms. The van der Waals surface area contributed by atoms with Crippen molar-refractivity contribution in [1.29, 1.82) is 0 Å². The van der Waals surface area contributed by atoms with E-state index in [9.17, 15) is 4.79 Å². The Bertz CT molecular complexity index is 1710. The summed E-state index contributed by atoms with van der Waals surface area (Å²) in [4.78, 5) is 36.6. The van der Waals surface area contributed by atoms with Crippen LogP contribution >= 0.6 is 11.3 Å². The maximum absolute atomic E-state index is 12.8. The van der Waals surface area contributed by atoms with Crippen molar-refractivity contribution in [3.63, 3.8) is 0 Å². The number of carbonyl (C=O) groups excluding carboxylic acids is 1. The summed E-state index contributed by atoms with van der Waals surface area (Å²) in [7, 11) is 0. The van der Waals surface area contributed by atoms with Crippen molar-refractivity contribution in [3.8, 4) is 22.0 Å². The van der Waals surface area contributed by atoms with E-state index in [0.717, 1.165) is 70.3 Å². The maximum Gasteiger partial charge on any atom is 0.315 e. The molecule has 1 aliphatic rings. The van der Waals surface area contributed by atoms with Crippen molar-refractivity contribution in [1.82, 2.24) is 40.7 Å². The normalized spacial score (nSPS) is 14.9. The average molecular weight is 572 g/mol. The number of hydrogen-bond donors (Lipinski definition) is 3. The average Bonchev–Trinajstić information content (AvgIpc) is 3.72. The van der Waals surface area contributed by atoms with Gasteiger partial charge in [-0.3, -0.25) is 4.79 Å². The van der Waals surface area contributed by atoms with Crippen LogP contribution in [-0.4, -0.2) is 62.2 Å². The third kappa shape index (κ3) is 5.44. The van der Waals surface area contributed by atoms with E-state index in [1.165, 1.54) is 5.00 Å². The van der Waals surface area contributed by atoms with Gasteiger partial charge in [0.05, 0.1) is 23.6 Å². The molecule has 5 heterocycles. The summed E-state index contributed by atoms with van der Waals surface area (Å²) in [5.74, 6) is 0.0568. The molecule has 0 radical (unpaired) electrons. The second kappa shape index (κ2) is 10.7. The predicted molar refractivity (Wildman–Crippen MR) is 159 cm³/mol. The zero-order valence-electron chi connectivity index (χ0n) is 23.8. The van der Waals surface area contributed by atoms with E-state index in [1.54, 1.807) is 17.7 Å². The first kappa shape index (κ1) is 27.0. The third-order valence-corrected chi connectivity index (χ3v) is 8.32. The van der Waals surface area contributed by atoms with Gasteiger partial charge >= 0.3 is 11.8 Å². The molecule has 11 nitrogen and oxygen atoms in total. The van der Waals surface area contributed by atoms with E-state index in [1.807, 2.05) is 52.9 Å². The van der Waals surface area contributed by atoms with Crippen LogP contribution in [0.4, 0.5) is 5.00 Å². The molecule has 1 fully saturated rings. The van der Waals surface area contributed by atoms with Gasteiger partial charge in [0.1, 0.15) is 22.0 Å². The number of carbonyl (C=O) groups is 1. The van der Waals surface area contributed by atoms with Gasteiger partial charge in [-0.05, 0) is 37.1 Å². The fourth-order valence-electron chi connectivity index (χ4n) is 4.97. The number of anilines is 1. The maximum atomic E-state index is 12.8. The van der Waals surface area contributed by atoms with Crippen LogP contribution in [0.2, 0.25) is 0 Å². The van der Waals surface area contributed by atoms with Crippen molar-refractivity contribution in [3.05, 3.63) is 59.6 Å². The number of amides is 1. The van der Waals surface area contributed by atoms with Crippen molar-refractivity contribution < 1.29 is 9.32 Å². The summed E-state index contributed by atoms with van der Waals surface area (Å²) < 4.78 is 5.20. The number of thiazole rings is 1. The van der Waals surface area contributed by atoms with Crippen LogP contribution in [0.15, 0.2) is 41.3 Å². The highest BCUT2D eigenvalue weighted by Crippen LogP contribution is 2.35. The monoisotopic (exact) mass is 571 g/mol. The summed E-state index contributed by atoms with van der Waals surface area (Å²) in [6.07, 6.45) is 3.53. The lowest BCUT2D eigenvalue weighted by Gasteiger charge is -2.27. The number of piperazine rings is 1. The van der Waals surface area contributed by atoms with Gasteiger partial charge in [-0.15, -0.1) is 0 Å². The fraction of sp³-hybridized carbons (Fsp3) is 0.379. The molecule has 12 heteroatoms. The van der Waals surface area contributed by atoms with Crippen LogP contribution in [0.25, 0.3) is 33.0 Å². The highest BCUT2D eigenvalue weighted by molar-refractivity contribution is 7.18. The molecule has 41 heavy (non-hydrogen) atoms. The molecule has 3 N–H and O–H groups in total. The molecular formula is C29H33N9O2S. The van der Waals surface area contributed by atoms with Crippen LogP contribution in [0, 0.1) is 6.92 Å². The van der Waals surface area contributed by atoms with E-state index < -0.39 is 5.91 Å². The number of aromatic amines is 1. The molecule has 4 aromatic heterocycles. The number of aryl methyl sites for hydroxylation is 1. The second-order valence-electron chi connectivity index (χ2n) is 11.3. The van der Waals surface area contributed by atoms with Gasteiger partial charge in [0.25, 0.3) is 0 Å². The summed E-state index contributed by atoms with van der Waals surface area (Å²) in [6, 6.07) is 7.94. The topological polar surface area (TPSA) is 138 Å². The summed E-state index contributed by atoms with van der Waals surface area (Å²) in [5, 5.41) is 13.3. The number of aromatic nitrogens is 6. The van der Waals surface area contributed by atoms with E-state index in [2.05, 4.69) is 52.8 Å². The number of H-pyrrole nitrogens is 1. The van der Waals surface area contributed by atoms with E-state index in [0.29, 0.717) is 5.82 Å². The van der Waals surface area contributed by atoms with Gasteiger partial charge in [0.15, 0.2) is 5.82 Å². The van der Waals surface area contributed by atoms with Crippen LogP contribution < -0.4 is 15.5 Å². The Morgan fingerprint density at radius 3 is 2.68 bits per heavy atom. The number of nitrogens with zero attached hydrogens (tertiary/aromatic N) is 6. The highest BCUT2D eigenvalue weighted by Gasteiger charge is 2.25. The van der Waals surface area contributed by atoms with Crippen LogP contribution in [0.5, 0.6) is 0 Å². The molecule has 0 unspecified atom stereocenters. The Balaban J connectivity index is 1.22. The molecule has 0 bridgehead atoms. The molecule has 6 rings (SSSR count). The number of benzene rings is 1. The first-order chi connectivity index (χ1) is 19.7. The lowest BCUT2D eigenvalue weighted by Crippen LogP contribution is -2.43. The van der Waals surface area contributed by atoms with E-state index in [-0.39, 0.29) is 17.3 Å². The molecule has 1 amide bonds. The molecule has 1 saturated heterocycles. The molecule has 212 valence electrons. The predicted octanol–water partition coefficient (Wildman–Crippen LogP) is 4.64. The lowest BCUT2D eigenvalue weighted by atomic mass is 9.96. The minimum absolute atomic E-state index is 0.0389. The number of nitrogens with one attached hydrogen (secondary N) is 3. The Labute approximate surface area is 241 Å². The molecule has 1 atom stereocenters. The quantitative estimate of drug-likeness (QED) is 0.266. The SMILES string of the molecule is Cc1cc(-c2ncnc3[nH]c(-c4ncc(N5CCNCC5)s4)cc23)ccc1[C@@H](C)NC(=O)c1nc(C(C)(C)C)no1. The van der Waals surface area contributed by atoms with Crippen LogP contribution in [0.3, 0.4) is 0 Å². The van der Waals surface area contributed by atoms with Gasteiger partial charge in [0.2, 0.25) is 0 Å². The zero-order chi connectivity index (χ0) is 28.7. The van der Waals surface area contributed by atoms with E-state index in [4.69, 9.17) is 9.51 Å². The standard InChI is InChI=1S/C29H33N9O2S/c1-16-12-18(6-7-19(16)17(2)34-25(39)26-36-28(37-40-26)29(3,4)5)23-20-13-21(35-24(20)33-15-32-23)27-31-14-22(41-27)38-10-8-30-9-11-38/h6-7,12-15,17,30H,8-11H2,1-5H3,(H,34,39)(H,32,33,35)/t17-/m1/s1. The summed E-state index contributed by atoms with van der Waals surface area (Å²) in [5.41, 5.74) is 5.20. The number of rotatable bonds is 6.